The molecule has 1 aromatic rings. The molecule has 8 nitrogen and oxygen atoms in total. The van der Waals surface area contributed by atoms with Gasteiger partial charge in [0.2, 0.25) is 5.91 Å². The second-order valence-electron chi connectivity index (χ2n) is 12.1. The lowest BCUT2D eigenvalue weighted by atomic mass is 9.94. The Labute approximate surface area is 243 Å². The Morgan fingerprint density at radius 3 is 1.82 bits per heavy atom. The summed E-state index contributed by atoms with van der Waals surface area (Å²) in [6.07, 6.45) is 15.2. The van der Waals surface area contributed by atoms with E-state index in [0.717, 1.165) is 44.9 Å². The van der Waals surface area contributed by atoms with Crippen LogP contribution in [0.4, 0.5) is 5.69 Å². The third-order valence-corrected chi connectivity index (χ3v) is 7.51. The third kappa shape index (κ3) is 17.3. The molecule has 0 aliphatic heterocycles. The number of quaternary nitrogens is 1. The largest absolute Gasteiger partial charge is 0.470 e. The number of carbonyl (C=O) groups is 2. The van der Waals surface area contributed by atoms with Crippen molar-refractivity contribution >= 4 is 25.2 Å². The smallest absolute Gasteiger partial charge is 0.328 e. The van der Waals surface area contributed by atoms with Crippen molar-refractivity contribution < 1.29 is 32.9 Å². The minimum absolute atomic E-state index is 0.0961. The summed E-state index contributed by atoms with van der Waals surface area (Å²) >= 11 is 0. The van der Waals surface area contributed by atoms with Crippen molar-refractivity contribution in [1.29, 1.82) is 0 Å². The zero-order valence-corrected chi connectivity index (χ0v) is 26.6. The molecule has 0 saturated carbocycles. The van der Waals surface area contributed by atoms with E-state index in [9.17, 15) is 23.9 Å². The van der Waals surface area contributed by atoms with Gasteiger partial charge in [0.05, 0.1) is 21.1 Å². The zero-order chi connectivity index (χ0) is 30.0. The summed E-state index contributed by atoms with van der Waals surface area (Å²) in [5.41, 5.74) is 1.31. The van der Waals surface area contributed by atoms with Crippen LogP contribution in [-0.4, -0.2) is 53.6 Å². The predicted octanol–water partition coefficient (Wildman–Crippen LogP) is 7.95. The molecule has 1 unspecified atom stereocenters. The van der Waals surface area contributed by atoms with E-state index in [1.807, 2.05) is 21.1 Å². The SMILES string of the molecule is CCCCCCCCCC(=O)Nc1ccc(C(C[N+](C)(C)C)OP(=O)(O)O)c(C(=O)CCCCCCCCC)c1. The van der Waals surface area contributed by atoms with Crippen LogP contribution in [0.25, 0.3) is 0 Å². The van der Waals surface area contributed by atoms with Crippen molar-refractivity contribution in [3.63, 3.8) is 0 Å². The number of nitrogens with zero attached hydrogens (tertiary/aromatic N) is 1. The highest BCUT2D eigenvalue weighted by Gasteiger charge is 2.31. The van der Waals surface area contributed by atoms with Gasteiger partial charge in [-0.25, -0.2) is 4.57 Å². The van der Waals surface area contributed by atoms with E-state index in [4.69, 9.17) is 4.52 Å². The van der Waals surface area contributed by atoms with Crippen LogP contribution in [0.5, 0.6) is 0 Å². The van der Waals surface area contributed by atoms with Crippen molar-refractivity contribution in [3.8, 4) is 0 Å². The van der Waals surface area contributed by atoms with Gasteiger partial charge in [-0.05, 0) is 30.5 Å². The molecule has 0 aliphatic carbocycles. The van der Waals surface area contributed by atoms with E-state index < -0.39 is 13.9 Å². The summed E-state index contributed by atoms with van der Waals surface area (Å²) in [5.74, 6) is -0.200. The molecular weight excluding hydrogens is 527 g/mol. The Morgan fingerprint density at radius 1 is 0.825 bits per heavy atom. The monoisotopic (exact) mass is 583 g/mol. The second kappa shape index (κ2) is 19.5. The molecule has 1 rings (SSSR count). The first-order chi connectivity index (χ1) is 18.9. The highest BCUT2D eigenvalue weighted by atomic mass is 31.2. The summed E-state index contributed by atoms with van der Waals surface area (Å²) in [4.78, 5) is 45.3. The molecule has 0 heterocycles. The Kier molecular flexibility index (Phi) is 17.8. The molecule has 0 aliphatic rings. The molecule has 1 aromatic carbocycles. The van der Waals surface area contributed by atoms with Crippen LogP contribution in [0.3, 0.4) is 0 Å². The number of amides is 1. The standard InChI is InChI=1S/C31H55N2O6P/c1-6-8-10-12-14-16-18-20-29(34)28-24-26(32-31(35)21-19-17-15-13-11-9-7-2)22-23-27(28)30(25-33(3,4)5)39-40(36,37)38/h22-24,30H,6-21,25H2,1-5H3,(H2-,32,35,36,37,38)/p+1. The van der Waals surface area contributed by atoms with Gasteiger partial charge in [-0.1, -0.05) is 97.0 Å². The van der Waals surface area contributed by atoms with E-state index in [0.29, 0.717) is 34.1 Å². The third-order valence-electron chi connectivity index (χ3n) is 6.98. The number of phosphoric acid groups is 1. The lowest BCUT2D eigenvalue weighted by molar-refractivity contribution is -0.874. The van der Waals surface area contributed by atoms with Crippen molar-refractivity contribution in [3.05, 3.63) is 29.3 Å². The number of benzene rings is 1. The molecule has 40 heavy (non-hydrogen) atoms. The summed E-state index contributed by atoms with van der Waals surface area (Å²) < 4.78 is 17.4. The van der Waals surface area contributed by atoms with Crippen LogP contribution >= 0.6 is 7.82 Å². The van der Waals surface area contributed by atoms with Gasteiger partial charge < -0.3 is 19.6 Å². The van der Waals surface area contributed by atoms with Gasteiger partial charge in [0.25, 0.3) is 0 Å². The van der Waals surface area contributed by atoms with Crippen molar-refractivity contribution in [2.45, 2.75) is 123 Å². The van der Waals surface area contributed by atoms with E-state index in [2.05, 4.69) is 19.2 Å². The fourth-order valence-electron chi connectivity index (χ4n) is 4.85. The van der Waals surface area contributed by atoms with Gasteiger partial charge in [-0.2, -0.15) is 0 Å². The topological polar surface area (TPSA) is 113 Å². The number of Topliss-reactive ketones (excluding diaryl/α,β-unsaturated/α-hetero) is 1. The lowest BCUT2D eigenvalue weighted by Gasteiger charge is -2.30. The van der Waals surface area contributed by atoms with Gasteiger partial charge in [0.1, 0.15) is 12.6 Å². The Hall–Kier alpha value is -1.57. The maximum absolute atomic E-state index is 13.4. The van der Waals surface area contributed by atoms with Crippen molar-refractivity contribution in [1.82, 2.24) is 0 Å². The van der Waals surface area contributed by atoms with Crippen LogP contribution in [0.1, 0.15) is 139 Å². The summed E-state index contributed by atoms with van der Waals surface area (Å²) in [6.45, 7) is 4.64. The number of ketones is 1. The average molecular weight is 584 g/mol. The highest BCUT2D eigenvalue weighted by molar-refractivity contribution is 7.46. The van der Waals surface area contributed by atoms with Gasteiger partial charge in [-0.3, -0.25) is 14.1 Å². The van der Waals surface area contributed by atoms with Gasteiger partial charge in [0.15, 0.2) is 5.78 Å². The van der Waals surface area contributed by atoms with Crippen LogP contribution in [0.2, 0.25) is 0 Å². The number of phosphoric ester groups is 1. The first kappa shape index (κ1) is 36.5. The number of carbonyl (C=O) groups excluding carboxylic acids is 2. The number of anilines is 1. The second-order valence-corrected chi connectivity index (χ2v) is 13.3. The Morgan fingerprint density at radius 2 is 1.32 bits per heavy atom. The predicted molar refractivity (Wildman–Crippen MR) is 163 cm³/mol. The molecule has 0 fully saturated rings. The fraction of sp³-hybridized carbons (Fsp3) is 0.742. The number of rotatable bonds is 23. The summed E-state index contributed by atoms with van der Waals surface area (Å²) in [6, 6.07) is 5.00. The number of hydrogen-bond acceptors (Lipinski definition) is 4. The first-order valence-electron chi connectivity index (χ1n) is 15.4. The molecule has 9 heteroatoms. The van der Waals surface area contributed by atoms with E-state index in [1.54, 1.807) is 18.2 Å². The molecule has 1 atom stereocenters. The van der Waals surface area contributed by atoms with Crippen molar-refractivity contribution in [2.75, 3.05) is 33.0 Å². The molecule has 1 amide bonds. The molecular formula is C31H56N2O6P+. The minimum Gasteiger partial charge on any atom is -0.328 e. The van der Waals surface area contributed by atoms with Crippen LogP contribution < -0.4 is 5.32 Å². The van der Waals surface area contributed by atoms with Crippen LogP contribution in [0, 0.1) is 0 Å². The van der Waals surface area contributed by atoms with Crippen molar-refractivity contribution in [2.24, 2.45) is 0 Å². The minimum atomic E-state index is -4.81. The molecule has 3 N–H and O–H groups in total. The number of nitrogens with one attached hydrogen (secondary N) is 1. The maximum Gasteiger partial charge on any atom is 0.470 e. The normalized spacial score (nSPS) is 12.9. The fourth-order valence-corrected chi connectivity index (χ4v) is 5.36. The van der Waals surface area contributed by atoms with E-state index >= 15 is 0 Å². The Bertz CT molecular complexity index is 925. The number of unbranched alkanes of at least 4 members (excludes halogenated alkanes) is 12. The highest BCUT2D eigenvalue weighted by Crippen LogP contribution is 2.44. The zero-order valence-electron chi connectivity index (χ0n) is 25.8. The van der Waals surface area contributed by atoms with E-state index in [-0.39, 0.29) is 18.2 Å². The molecule has 0 aromatic heterocycles. The molecule has 0 radical (unpaired) electrons. The van der Waals surface area contributed by atoms with Gasteiger partial charge >= 0.3 is 7.82 Å². The number of hydrogen-bond donors (Lipinski definition) is 3. The molecule has 0 bridgehead atoms. The Balaban J connectivity index is 3.00. The number of likely N-dealkylation sites (N-methyl/N-ethyl adjacent to an activating group) is 1. The lowest BCUT2D eigenvalue weighted by Crippen LogP contribution is -2.39. The first-order valence-corrected chi connectivity index (χ1v) is 16.9. The summed E-state index contributed by atoms with van der Waals surface area (Å²) in [7, 11) is 0.878. The summed E-state index contributed by atoms with van der Waals surface area (Å²) in [5, 5.41) is 2.92. The average Bonchev–Trinajstić information content (AvgIpc) is 2.85. The van der Waals surface area contributed by atoms with Gasteiger partial charge in [0, 0.05) is 24.1 Å². The molecule has 230 valence electrons. The molecule has 0 saturated heterocycles. The van der Waals surface area contributed by atoms with Gasteiger partial charge in [-0.15, -0.1) is 0 Å². The maximum atomic E-state index is 13.4. The molecule has 0 spiro atoms. The van der Waals surface area contributed by atoms with Crippen LogP contribution in [0.15, 0.2) is 18.2 Å². The quantitative estimate of drug-likeness (QED) is 0.0522. The van der Waals surface area contributed by atoms with E-state index in [1.165, 1.54) is 44.9 Å². The van der Waals surface area contributed by atoms with Crippen LogP contribution in [-0.2, 0) is 13.9 Å².